The normalized spacial score (nSPS) is 10.2. The molecule has 0 aliphatic carbocycles. The number of hydrogen-bond acceptors (Lipinski definition) is 3. The van der Waals surface area contributed by atoms with E-state index < -0.39 is 5.97 Å². The number of carboxylic acid groups (broad SMARTS) is 1. The molecule has 0 aromatic heterocycles. The Morgan fingerprint density at radius 1 is 1.59 bits per heavy atom. The highest BCUT2D eigenvalue weighted by atomic mass is 16.4. The van der Waals surface area contributed by atoms with Crippen molar-refractivity contribution < 1.29 is 9.90 Å². The third-order valence-electron chi connectivity index (χ3n) is 1.96. The molecule has 0 saturated carbocycles. The van der Waals surface area contributed by atoms with E-state index in [2.05, 4.69) is 10.0 Å². The Labute approximate surface area is 97.0 Å². The van der Waals surface area contributed by atoms with E-state index in [1.54, 1.807) is 30.3 Å². The molecule has 0 radical (unpaired) electrons. The highest BCUT2D eigenvalue weighted by molar-refractivity contribution is 5.93. The summed E-state index contributed by atoms with van der Waals surface area (Å²) in [5, 5.41) is 20.8. The first-order valence-corrected chi connectivity index (χ1v) is 4.64. The maximum absolute atomic E-state index is 10.8. The number of rotatable bonds is 4. The Kier molecular flexibility index (Phi) is 4.31. The lowest BCUT2D eigenvalue weighted by molar-refractivity contribution is -0.132. The van der Waals surface area contributed by atoms with Crippen molar-refractivity contribution in [2.75, 3.05) is 0 Å². The standard InChI is InChI=1S/C11H8N4O2/c12-6-5-9(11(16)17)7-8-3-1-2-4-10(8)14-15-13/h1-4,7H,5H2,(H,16,17). The second-order valence-corrected chi connectivity index (χ2v) is 3.06. The average molecular weight is 228 g/mol. The van der Waals surface area contributed by atoms with Crippen LogP contribution in [0.1, 0.15) is 12.0 Å². The minimum absolute atomic E-state index is 0.0481. The topological polar surface area (TPSA) is 110 Å². The summed E-state index contributed by atoms with van der Waals surface area (Å²) in [6, 6.07) is 8.31. The Balaban J connectivity index is 3.24. The molecule has 1 rings (SSSR count). The van der Waals surface area contributed by atoms with Crippen LogP contribution in [0.5, 0.6) is 0 Å². The summed E-state index contributed by atoms with van der Waals surface area (Å²) in [6.07, 6.45) is 1.12. The van der Waals surface area contributed by atoms with Crippen LogP contribution in [-0.2, 0) is 4.79 Å². The van der Waals surface area contributed by atoms with Gasteiger partial charge in [0.1, 0.15) is 0 Å². The summed E-state index contributed by atoms with van der Waals surface area (Å²) in [7, 11) is 0. The van der Waals surface area contributed by atoms with E-state index >= 15 is 0 Å². The number of carbonyl (C=O) groups is 1. The lowest BCUT2D eigenvalue weighted by atomic mass is 10.1. The predicted octanol–water partition coefficient (Wildman–Crippen LogP) is 3.01. The van der Waals surface area contributed by atoms with Crippen LogP contribution in [-0.4, -0.2) is 11.1 Å². The molecule has 6 heteroatoms. The maximum Gasteiger partial charge on any atom is 0.332 e. The molecule has 1 N–H and O–H groups in total. The molecule has 0 bridgehead atoms. The number of aliphatic carboxylic acids is 1. The molecule has 6 nitrogen and oxygen atoms in total. The van der Waals surface area contributed by atoms with Crippen molar-refractivity contribution >= 4 is 17.7 Å². The average Bonchev–Trinajstić information content (AvgIpc) is 2.31. The van der Waals surface area contributed by atoms with Gasteiger partial charge in [0.15, 0.2) is 0 Å². The van der Waals surface area contributed by atoms with Crippen molar-refractivity contribution in [2.45, 2.75) is 6.42 Å². The zero-order valence-corrected chi connectivity index (χ0v) is 8.74. The van der Waals surface area contributed by atoms with Gasteiger partial charge in [0, 0.05) is 10.6 Å². The van der Waals surface area contributed by atoms with Crippen molar-refractivity contribution in [2.24, 2.45) is 5.11 Å². The third-order valence-corrected chi connectivity index (χ3v) is 1.96. The van der Waals surface area contributed by atoms with Gasteiger partial charge >= 0.3 is 5.97 Å². The van der Waals surface area contributed by atoms with Crippen LogP contribution >= 0.6 is 0 Å². The summed E-state index contributed by atoms with van der Waals surface area (Å²) >= 11 is 0. The zero-order valence-electron chi connectivity index (χ0n) is 8.74. The van der Waals surface area contributed by atoms with Crippen molar-refractivity contribution in [1.29, 1.82) is 5.26 Å². The number of carboxylic acids is 1. The highest BCUT2D eigenvalue weighted by Gasteiger charge is 2.07. The third kappa shape index (κ3) is 3.38. The molecule has 1 aromatic rings. The molecule has 0 spiro atoms. The Morgan fingerprint density at radius 3 is 2.88 bits per heavy atom. The second kappa shape index (κ2) is 5.95. The minimum atomic E-state index is -1.16. The monoisotopic (exact) mass is 228 g/mol. The molecule has 0 saturated heterocycles. The summed E-state index contributed by atoms with van der Waals surface area (Å²) in [5.41, 5.74) is 9.11. The van der Waals surface area contributed by atoms with Crippen LogP contribution in [0.25, 0.3) is 16.5 Å². The van der Waals surface area contributed by atoms with Crippen LogP contribution in [0.3, 0.4) is 0 Å². The van der Waals surface area contributed by atoms with E-state index in [4.69, 9.17) is 15.9 Å². The second-order valence-electron chi connectivity index (χ2n) is 3.06. The van der Waals surface area contributed by atoms with E-state index in [9.17, 15) is 4.79 Å². The summed E-state index contributed by atoms with van der Waals surface area (Å²) in [6.45, 7) is 0. The molecular formula is C11H8N4O2. The molecule has 0 fully saturated rings. The Bertz CT molecular complexity index is 551. The van der Waals surface area contributed by atoms with E-state index in [1.807, 2.05) is 0 Å². The summed E-state index contributed by atoms with van der Waals surface area (Å²) in [5.74, 6) is -1.16. The van der Waals surface area contributed by atoms with E-state index in [1.165, 1.54) is 6.08 Å². The van der Waals surface area contributed by atoms with Gasteiger partial charge in [-0.15, -0.1) is 0 Å². The van der Waals surface area contributed by atoms with Gasteiger partial charge in [0.05, 0.1) is 18.1 Å². The van der Waals surface area contributed by atoms with Crippen LogP contribution in [0, 0.1) is 11.3 Å². The minimum Gasteiger partial charge on any atom is -0.478 e. The first-order valence-electron chi connectivity index (χ1n) is 4.64. The van der Waals surface area contributed by atoms with Gasteiger partial charge in [0.2, 0.25) is 0 Å². The van der Waals surface area contributed by atoms with E-state index in [0.717, 1.165) is 0 Å². The Hall–Kier alpha value is -2.77. The molecule has 1 aromatic carbocycles. The van der Waals surface area contributed by atoms with Crippen LogP contribution in [0.2, 0.25) is 0 Å². The summed E-state index contributed by atoms with van der Waals surface area (Å²) in [4.78, 5) is 13.5. The van der Waals surface area contributed by atoms with Crippen molar-refractivity contribution in [3.05, 3.63) is 45.8 Å². The molecule has 84 valence electrons. The van der Waals surface area contributed by atoms with Crippen LogP contribution < -0.4 is 0 Å². The summed E-state index contributed by atoms with van der Waals surface area (Å²) < 4.78 is 0. The van der Waals surface area contributed by atoms with Gasteiger partial charge in [-0.05, 0) is 17.2 Å². The molecule has 0 aliphatic rings. The van der Waals surface area contributed by atoms with Gasteiger partial charge < -0.3 is 5.11 Å². The van der Waals surface area contributed by atoms with Gasteiger partial charge in [-0.3, -0.25) is 0 Å². The first kappa shape index (κ1) is 12.3. The smallest absolute Gasteiger partial charge is 0.332 e. The fraction of sp³-hybridized carbons (Fsp3) is 0.0909. The maximum atomic E-state index is 10.8. The fourth-order valence-electron chi connectivity index (χ4n) is 1.21. The molecule has 17 heavy (non-hydrogen) atoms. The lowest BCUT2D eigenvalue weighted by Crippen LogP contribution is -1.99. The van der Waals surface area contributed by atoms with Gasteiger partial charge in [-0.2, -0.15) is 5.26 Å². The van der Waals surface area contributed by atoms with E-state index in [0.29, 0.717) is 11.3 Å². The first-order chi connectivity index (χ1) is 8.19. The Morgan fingerprint density at radius 2 is 2.29 bits per heavy atom. The van der Waals surface area contributed by atoms with Crippen molar-refractivity contribution in [1.82, 2.24) is 0 Å². The number of benzene rings is 1. The highest BCUT2D eigenvalue weighted by Crippen LogP contribution is 2.22. The zero-order chi connectivity index (χ0) is 12.7. The molecule has 0 heterocycles. The van der Waals surface area contributed by atoms with Crippen LogP contribution in [0.4, 0.5) is 5.69 Å². The number of nitriles is 1. The van der Waals surface area contributed by atoms with Crippen LogP contribution in [0.15, 0.2) is 35.0 Å². The largest absolute Gasteiger partial charge is 0.478 e. The number of nitrogens with zero attached hydrogens (tertiary/aromatic N) is 4. The van der Waals surface area contributed by atoms with E-state index in [-0.39, 0.29) is 12.0 Å². The van der Waals surface area contributed by atoms with Gasteiger partial charge in [-0.1, -0.05) is 29.4 Å². The number of azide groups is 1. The number of hydrogen-bond donors (Lipinski definition) is 1. The van der Waals surface area contributed by atoms with Gasteiger partial charge in [-0.25, -0.2) is 4.79 Å². The lowest BCUT2D eigenvalue weighted by Gasteiger charge is -2.00. The molecule has 0 aliphatic heterocycles. The molecule has 0 unspecified atom stereocenters. The van der Waals surface area contributed by atoms with Gasteiger partial charge in [0.25, 0.3) is 0 Å². The molecule has 0 amide bonds. The fourth-order valence-corrected chi connectivity index (χ4v) is 1.21. The molecule has 0 atom stereocenters. The predicted molar refractivity (Wildman–Crippen MR) is 61.1 cm³/mol. The SMILES string of the molecule is N#CCC(=Cc1ccccc1N=[N+]=[N-])C(=O)O. The van der Waals surface area contributed by atoms with Crippen molar-refractivity contribution in [3.8, 4) is 6.07 Å². The quantitative estimate of drug-likeness (QED) is 0.370. The molecular weight excluding hydrogens is 220 g/mol. The van der Waals surface area contributed by atoms with Crippen molar-refractivity contribution in [3.63, 3.8) is 0 Å².